The molecule has 0 saturated carbocycles. The number of benzene rings is 2. The predicted octanol–water partition coefficient (Wildman–Crippen LogP) is 4.22. The summed E-state index contributed by atoms with van der Waals surface area (Å²) in [6.45, 7) is 4.27. The van der Waals surface area contributed by atoms with Gasteiger partial charge in [0.05, 0.1) is 12.6 Å². The van der Waals surface area contributed by atoms with Crippen LogP contribution in [0.1, 0.15) is 25.5 Å². The van der Waals surface area contributed by atoms with Crippen molar-refractivity contribution >= 4 is 6.09 Å². The minimum Gasteiger partial charge on any atom is -0.493 e. The smallest absolute Gasteiger partial charge is 0.405 e. The van der Waals surface area contributed by atoms with Crippen molar-refractivity contribution in [3.05, 3.63) is 53.8 Å². The van der Waals surface area contributed by atoms with Crippen LogP contribution in [0.2, 0.25) is 0 Å². The molecule has 1 heterocycles. The van der Waals surface area contributed by atoms with Gasteiger partial charge in [-0.25, -0.2) is 9.18 Å². The first-order chi connectivity index (χ1) is 10.9. The molecule has 0 fully saturated rings. The summed E-state index contributed by atoms with van der Waals surface area (Å²) in [6, 6.07) is 11.5. The fourth-order valence-corrected chi connectivity index (χ4v) is 2.93. The molecule has 1 unspecified atom stereocenters. The molecule has 1 amide bonds. The number of amides is 1. The summed E-state index contributed by atoms with van der Waals surface area (Å²) in [5, 5.41) is 11.7. The fourth-order valence-electron chi connectivity index (χ4n) is 2.93. The van der Waals surface area contributed by atoms with Crippen molar-refractivity contribution in [2.24, 2.45) is 5.41 Å². The Morgan fingerprint density at radius 2 is 2.04 bits per heavy atom. The first kappa shape index (κ1) is 15.3. The number of nitrogens with one attached hydrogen (secondary N) is 1. The normalized spacial score (nSPS) is 18.7. The zero-order chi connectivity index (χ0) is 16.6. The number of ether oxygens (including phenoxy) is 1. The quantitative estimate of drug-likeness (QED) is 0.872. The Bertz CT molecular complexity index is 758. The van der Waals surface area contributed by atoms with Crippen molar-refractivity contribution in [2.45, 2.75) is 19.9 Å². The molecule has 120 valence electrons. The minimum atomic E-state index is -1.07. The number of halogens is 1. The summed E-state index contributed by atoms with van der Waals surface area (Å²) >= 11 is 0. The first-order valence-corrected chi connectivity index (χ1v) is 7.39. The molecule has 1 atom stereocenters. The van der Waals surface area contributed by atoms with E-state index in [4.69, 9.17) is 9.84 Å². The van der Waals surface area contributed by atoms with Gasteiger partial charge in [-0.05, 0) is 17.7 Å². The van der Waals surface area contributed by atoms with E-state index in [0.29, 0.717) is 23.5 Å². The molecule has 3 rings (SSSR count). The van der Waals surface area contributed by atoms with Gasteiger partial charge in [-0.2, -0.15) is 0 Å². The summed E-state index contributed by atoms with van der Waals surface area (Å²) < 4.78 is 19.7. The number of hydrogen-bond acceptors (Lipinski definition) is 2. The Balaban J connectivity index is 2.04. The molecule has 2 aromatic rings. The van der Waals surface area contributed by atoms with Crippen LogP contribution >= 0.6 is 0 Å². The lowest BCUT2D eigenvalue weighted by Crippen LogP contribution is -2.43. The van der Waals surface area contributed by atoms with Crippen LogP contribution in [0.15, 0.2) is 42.5 Å². The first-order valence-electron chi connectivity index (χ1n) is 7.39. The summed E-state index contributed by atoms with van der Waals surface area (Å²) in [6.07, 6.45) is -1.07. The third-order valence-electron chi connectivity index (χ3n) is 4.16. The molecule has 0 aliphatic carbocycles. The zero-order valence-corrected chi connectivity index (χ0v) is 13.0. The van der Waals surface area contributed by atoms with Gasteiger partial charge in [-0.15, -0.1) is 0 Å². The van der Waals surface area contributed by atoms with Gasteiger partial charge in [0.15, 0.2) is 0 Å². The van der Waals surface area contributed by atoms with Crippen molar-refractivity contribution in [3.63, 3.8) is 0 Å². The second kappa shape index (κ2) is 5.57. The van der Waals surface area contributed by atoms with Crippen LogP contribution < -0.4 is 10.1 Å². The van der Waals surface area contributed by atoms with Gasteiger partial charge in [0, 0.05) is 16.5 Å². The number of carbonyl (C=O) groups is 1. The highest BCUT2D eigenvalue weighted by Crippen LogP contribution is 2.44. The Morgan fingerprint density at radius 1 is 1.30 bits per heavy atom. The van der Waals surface area contributed by atoms with Crippen molar-refractivity contribution in [1.82, 2.24) is 5.32 Å². The Hall–Kier alpha value is -2.56. The van der Waals surface area contributed by atoms with Gasteiger partial charge in [-0.1, -0.05) is 44.2 Å². The molecule has 0 bridgehead atoms. The van der Waals surface area contributed by atoms with Crippen molar-refractivity contribution in [1.29, 1.82) is 0 Å². The topological polar surface area (TPSA) is 58.6 Å². The molecule has 0 spiro atoms. The van der Waals surface area contributed by atoms with Crippen molar-refractivity contribution < 1.29 is 19.0 Å². The highest BCUT2D eigenvalue weighted by Gasteiger charge is 2.38. The van der Waals surface area contributed by atoms with E-state index in [9.17, 15) is 9.18 Å². The SMILES string of the molecule is CC1(C)COc2cc(-c3ccccc3F)ccc2C1NC(=O)O. The number of fused-ring (bicyclic) bond motifs is 1. The lowest BCUT2D eigenvalue weighted by atomic mass is 9.78. The van der Waals surface area contributed by atoms with E-state index < -0.39 is 6.09 Å². The molecular weight excluding hydrogens is 297 g/mol. The monoisotopic (exact) mass is 315 g/mol. The van der Waals surface area contributed by atoms with E-state index in [-0.39, 0.29) is 17.3 Å². The fraction of sp³-hybridized carbons (Fsp3) is 0.278. The zero-order valence-electron chi connectivity index (χ0n) is 13.0. The van der Waals surface area contributed by atoms with Gasteiger partial charge in [-0.3, -0.25) is 0 Å². The third-order valence-corrected chi connectivity index (χ3v) is 4.16. The molecule has 0 radical (unpaired) electrons. The largest absolute Gasteiger partial charge is 0.493 e. The molecule has 4 nitrogen and oxygen atoms in total. The van der Waals surface area contributed by atoms with Crippen LogP contribution in [0.5, 0.6) is 5.75 Å². The number of rotatable bonds is 2. The second-order valence-corrected chi connectivity index (χ2v) is 6.39. The van der Waals surface area contributed by atoms with E-state index in [1.807, 2.05) is 13.8 Å². The second-order valence-electron chi connectivity index (χ2n) is 6.39. The lowest BCUT2D eigenvalue weighted by molar-refractivity contribution is 0.0996. The van der Waals surface area contributed by atoms with E-state index in [1.54, 1.807) is 36.4 Å². The highest BCUT2D eigenvalue weighted by atomic mass is 19.1. The van der Waals surface area contributed by atoms with Crippen LogP contribution in [0.25, 0.3) is 11.1 Å². The molecule has 2 aromatic carbocycles. The molecule has 1 aliphatic rings. The summed E-state index contributed by atoms with van der Waals surface area (Å²) in [7, 11) is 0. The summed E-state index contributed by atoms with van der Waals surface area (Å²) in [4.78, 5) is 11.1. The van der Waals surface area contributed by atoms with Gasteiger partial charge >= 0.3 is 6.09 Å². The highest BCUT2D eigenvalue weighted by molar-refractivity contribution is 5.69. The van der Waals surface area contributed by atoms with Crippen LogP contribution in [0, 0.1) is 11.2 Å². The van der Waals surface area contributed by atoms with Gasteiger partial charge in [0.25, 0.3) is 0 Å². The van der Waals surface area contributed by atoms with Gasteiger partial charge in [0.1, 0.15) is 11.6 Å². The summed E-state index contributed by atoms with van der Waals surface area (Å²) in [5.41, 5.74) is 1.59. The lowest BCUT2D eigenvalue weighted by Gasteiger charge is -2.39. The van der Waals surface area contributed by atoms with Gasteiger partial charge < -0.3 is 15.2 Å². The Labute approximate surface area is 133 Å². The van der Waals surface area contributed by atoms with Crippen LogP contribution in [-0.2, 0) is 0 Å². The molecule has 0 aromatic heterocycles. The average Bonchev–Trinajstić information content (AvgIpc) is 2.50. The van der Waals surface area contributed by atoms with E-state index >= 15 is 0 Å². The van der Waals surface area contributed by atoms with Crippen LogP contribution in [-0.4, -0.2) is 17.8 Å². The molecular formula is C18H18FNO3. The molecule has 1 aliphatic heterocycles. The molecule has 2 N–H and O–H groups in total. The third kappa shape index (κ3) is 2.86. The van der Waals surface area contributed by atoms with E-state index in [1.165, 1.54) is 6.07 Å². The van der Waals surface area contributed by atoms with Crippen LogP contribution in [0.3, 0.4) is 0 Å². The van der Waals surface area contributed by atoms with E-state index in [0.717, 1.165) is 5.56 Å². The van der Waals surface area contributed by atoms with Crippen LogP contribution in [0.4, 0.5) is 9.18 Å². The average molecular weight is 315 g/mol. The maximum atomic E-state index is 13.9. The Kier molecular flexibility index (Phi) is 3.72. The standard InChI is InChI=1S/C18H18FNO3/c1-18(2)10-23-15-9-11(12-5-3-4-6-14(12)19)7-8-13(15)16(18)20-17(21)22/h3-9,16,20H,10H2,1-2H3,(H,21,22). The molecule has 23 heavy (non-hydrogen) atoms. The Morgan fingerprint density at radius 3 is 2.74 bits per heavy atom. The van der Waals surface area contributed by atoms with E-state index in [2.05, 4.69) is 5.32 Å². The number of hydrogen-bond donors (Lipinski definition) is 2. The maximum absolute atomic E-state index is 13.9. The van der Waals surface area contributed by atoms with Gasteiger partial charge in [0.2, 0.25) is 0 Å². The van der Waals surface area contributed by atoms with Crippen molar-refractivity contribution in [2.75, 3.05) is 6.61 Å². The summed E-state index contributed by atoms with van der Waals surface area (Å²) in [5.74, 6) is 0.285. The molecule has 0 saturated heterocycles. The maximum Gasteiger partial charge on any atom is 0.405 e. The van der Waals surface area contributed by atoms with Crippen molar-refractivity contribution in [3.8, 4) is 16.9 Å². The predicted molar refractivity (Wildman–Crippen MR) is 85.0 cm³/mol. The molecule has 5 heteroatoms. The number of carboxylic acid groups (broad SMARTS) is 1. The minimum absolute atomic E-state index is 0.302.